The quantitative estimate of drug-likeness (QED) is 0.584. The number of nitrogens with one attached hydrogen (secondary N) is 1. The molecule has 0 amide bonds. The largest absolute Gasteiger partial charge is 0.493 e. The Bertz CT molecular complexity index is 695. The molecule has 5 heteroatoms. The van der Waals surface area contributed by atoms with Gasteiger partial charge in [0.15, 0.2) is 11.5 Å². The highest BCUT2D eigenvalue weighted by Gasteiger charge is 2.18. The second-order valence-corrected chi connectivity index (χ2v) is 6.25. The van der Waals surface area contributed by atoms with E-state index in [-0.39, 0.29) is 0 Å². The number of hydrogen-bond acceptors (Lipinski definition) is 4. The Morgan fingerprint density at radius 3 is 2.54 bits per heavy atom. The number of benzene rings is 2. The number of halogens is 1. The summed E-state index contributed by atoms with van der Waals surface area (Å²) in [7, 11) is 1.66. The van der Waals surface area contributed by atoms with Gasteiger partial charge in [-0.15, -0.1) is 0 Å². The first-order valence-corrected chi connectivity index (χ1v) is 8.52. The highest BCUT2D eigenvalue weighted by molar-refractivity contribution is 6.30. The average Bonchev–Trinajstić information content (AvgIpc) is 3.10. The van der Waals surface area contributed by atoms with Crippen LogP contribution in [0.3, 0.4) is 0 Å². The molecule has 0 radical (unpaired) electrons. The van der Waals surface area contributed by atoms with E-state index in [2.05, 4.69) is 10.5 Å². The van der Waals surface area contributed by atoms with Crippen molar-refractivity contribution in [3.63, 3.8) is 0 Å². The molecule has 0 aromatic heterocycles. The SMILES string of the molecule is COc1ccc(C=NNc2ccc(Cl)cc2)cc1OC1CCCC1. The van der Waals surface area contributed by atoms with Crippen molar-refractivity contribution in [2.45, 2.75) is 31.8 Å². The highest BCUT2D eigenvalue weighted by atomic mass is 35.5. The maximum Gasteiger partial charge on any atom is 0.162 e. The van der Waals surface area contributed by atoms with Gasteiger partial charge in [0.25, 0.3) is 0 Å². The fourth-order valence-corrected chi connectivity index (χ4v) is 2.88. The molecule has 1 aliphatic carbocycles. The van der Waals surface area contributed by atoms with Gasteiger partial charge in [-0.25, -0.2) is 0 Å². The topological polar surface area (TPSA) is 42.8 Å². The summed E-state index contributed by atoms with van der Waals surface area (Å²) in [6, 6.07) is 13.2. The van der Waals surface area contributed by atoms with E-state index in [0.29, 0.717) is 11.1 Å². The Labute approximate surface area is 147 Å². The van der Waals surface area contributed by atoms with Crippen molar-refractivity contribution in [1.29, 1.82) is 0 Å². The van der Waals surface area contributed by atoms with Gasteiger partial charge in [0.1, 0.15) is 0 Å². The number of rotatable bonds is 6. The van der Waals surface area contributed by atoms with Gasteiger partial charge in [0, 0.05) is 5.02 Å². The first kappa shape index (κ1) is 16.7. The molecule has 24 heavy (non-hydrogen) atoms. The number of methoxy groups -OCH3 is 1. The monoisotopic (exact) mass is 344 g/mol. The second kappa shape index (κ2) is 8.06. The van der Waals surface area contributed by atoms with E-state index in [9.17, 15) is 0 Å². The number of hydrogen-bond donors (Lipinski definition) is 1. The van der Waals surface area contributed by atoms with E-state index in [4.69, 9.17) is 21.1 Å². The minimum atomic E-state index is 0.290. The lowest BCUT2D eigenvalue weighted by molar-refractivity contribution is 0.201. The normalized spacial score (nSPS) is 14.9. The molecule has 126 valence electrons. The smallest absolute Gasteiger partial charge is 0.162 e. The molecule has 0 unspecified atom stereocenters. The molecule has 0 aliphatic heterocycles. The first-order valence-electron chi connectivity index (χ1n) is 8.14. The summed E-state index contributed by atoms with van der Waals surface area (Å²) in [6.07, 6.45) is 6.74. The van der Waals surface area contributed by atoms with Crippen molar-refractivity contribution < 1.29 is 9.47 Å². The van der Waals surface area contributed by atoms with E-state index in [1.165, 1.54) is 12.8 Å². The average molecular weight is 345 g/mol. The molecule has 0 saturated heterocycles. The summed E-state index contributed by atoms with van der Waals surface area (Å²) in [5, 5.41) is 4.96. The molecule has 3 rings (SSSR count). The minimum absolute atomic E-state index is 0.290. The van der Waals surface area contributed by atoms with Crippen LogP contribution < -0.4 is 14.9 Å². The van der Waals surface area contributed by atoms with Crippen LogP contribution in [-0.2, 0) is 0 Å². The van der Waals surface area contributed by atoms with Crippen LogP contribution in [0.4, 0.5) is 5.69 Å². The van der Waals surface area contributed by atoms with Crippen LogP contribution in [0.15, 0.2) is 47.6 Å². The molecule has 2 aromatic carbocycles. The molecule has 4 nitrogen and oxygen atoms in total. The predicted molar refractivity (Wildman–Crippen MR) is 98.5 cm³/mol. The van der Waals surface area contributed by atoms with Crippen molar-refractivity contribution in [1.82, 2.24) is 0 Å². The standard InChI is InChI=1S/C19H21ClN2O2/c1-23-18-11-6-14(12-19(18)24-17-4-2-3-5-17)13-21-22-16-9-7-15(20)8-10-16/h6-13,17,22H,2-5H2,1H3. The number of anilines is 1. The van der Waals surface area contributed by atoms with Gasteiger partial charge in [0.05, 0.1) is 25.1 Å². The molecular weight excluding hydrogens is 324 g/mol. The van der Waals surface area contributed by atoms with Crippen LogP contribution in [0.25, 0.3) is 0 Å². The fraction of sp³-hybridized carbons (Fsp3) is 0.316. The van der Waals surface area contributed by atoms with Crippen molar-refractivity contribution in [3.8, 4) is 11.5 Å². The molecule has 1 saturated carbocycles. The predicted octanol–water partition coefficient (Wildman–Crippen LogP) is 5.12. The first-order chi connectivity index (χ1) is 11.7. The Kier molecular flexibility index (Phi) is 5.59. The van der Waals surface area contributed by atoms with E-state index in [1.54, 1.807) is 13.3 Å². The molecule has 1 aliphatic rings. The van der Waals surface area contributed by atoms with Crippen LogP contribution >= 0.6 is 11.6 Å². The lowest BCUT2D eigenvalue weighted by Gasteiger charge is -2.16. The molecule has 0 heterocycles. The van der Waals surface area contributed by atoms with Crippen LogP contribution in [0.1, 0.15) is 31.2 Å². The van der Waals surface area contributed by atoms with Crippen molar-refractivity contribution in [2.75, 3.05) is 12.5 Å². The zero-order valence-corrected chi connectivity index (χ0v) is 14.4. The lowest BCUT2D eigenvalue weighted by atomic mass is 10.2. The third kappa shape index (κ3) is 4.42. The zero-order valence-electron chi connectivity index (χ0n) is 13.7. The minimum Gasteiger partial charge on any atom is -0.493 e. The summed E-state index contributed by atoms with van der Waals surface area (Å²) in [4.78, 5) is 0. The van der Waals surface area contributed by atoms with Crippen LogP contribution in [0.2, 0.25) is 5.02 Å². The highest BCUT2D eigenvalue weighted by Crippen LogP contribution is 2.32. The lowest BCUT2D eigenvalue weighted by Crippen LogP contribution is -2.11. The summed E-state index contributed by atoms with van der Waals surface area (Å²) >= 11 is 5.87. The maximum absolute atomic E-state index is 6.09. The Morgan fingerprint density at radius 2 is 1.83 bits per heavy atom. The van der Waals surface area contributed by atoms with Crippen LogP contribution in [0.5, 0.6) is 11.5 Å². The van der Waals surface area contributed by atoms with Gasteiger partial charge in [-0.1, -0.05) is 11.6 Å². The van der Waals surface area contributed by atoms with E-state index in [0.717, 1.165) is 35.6 Å². The molecule has 0 spiro atoms. The summed E-state index contributed by atoms with van der Waals surface area (Å²) in [6.45, 7) is 0. The third-order valence-corrected chi connectivity index (χ3v) is 4.29. The molecule has 1 fully saturated rings. The van der Waals surface area contributed by atoms with Crippen molar-refractivity contribution >= 4 is 23.5 Å². The third-order valence-electron chi connectivity index (χ3n) is 4.04. The number of nitrogens with zero attached hydrogens (tertiary/aromatic N) is 1. The number of ether oxygens (including phenoxy) is 2. The molecule has 1 N–H and O–H groups in total. The molecule has 0 bridgehead atoms. The van der Waals surface area contributed by atoms with E-state index < -0.39 is 0 Å². The number of hydrazone groups is 1. The Morgan fingerprint density at radius 1 is 1.08 bits per heavy atom. The summed E-state index contributed by atoms with van der Waals surface area (Å²) < 4.78 is 11.5. The van der Waals surface area contributed by atoms with Crippen LogP contribution in [0, 0.1) is 0 Å². The summed E-state index contributed by atoms with van der Waals surface area (Å²) in [5.41, 5.74) is 4.81. The zero-order chi connectivity index (χ0) is 16.8. The Hall–Kier alpha value is -2.20. The maximum atomic E-state index is 6.09. The van der Waals surface area contributed by atoms with Crippen molar-refractivity contribution in [2.24, 2.45) is 5.10 Å². The van der Waals surface area contributed by atoms with Gasteiger partial charge in [-0.05, 0) is 73.7 Å². The van der Waals surface area contributed by atoms with Gasteiger partial charge >= 0.3 is 0 Å². The van der Waals surface area contributed by atoms with Gasteiger partial charge in [0.2, 0.25) is 0 Å². The molecular formula is C19H21ClN2O2. The van der Waals surface area contributed by atoms with E-state index in [1.807, 2.05) is 42.5 Å². The molecule has 0 atom stereocenters. The van der Waals surface area contributed by atoms with Gasteiger partial charge in [-0.2, -0.15) is 5.10 Å². The van der Waals surface area contributed by atoms with E-state index >= 15 is 0 Å². The van der Waals surface area contributed by atoms with Crippen LogP contribution in [-0.4, -0.2) is 19.4 Å². The fourth-order valence-electron chi connectivity index (χ4n) is 2.76. The summed E-state index contributed by atoms with van der Waals surface area (Å²) in [5.74, 6) is 1.53. The van der Waals surface area contributed by atoms with Crippen molar-refractivity contribution in [3.05, 3.63) is 53.1 Å². The van der Waals surface area contributed by atoms with Gasteiger partial charge < -0.3 is 9.47 Å². The Balaban J connectivity index is 1.68. The van der Waals surface area contributed by atoms with Gasteiger partial charge in [-0.3, -0.25) is 5.43 Å². The second-order valence-electron chi connectivity index (χ2n) is 5.81. The molecule has 2 aromatic rings.